The zero-order chi connectivity index (χ0) is 24.1. The van der Waals surface area contributed by atoms with Crippen molar-refractivity contribution in [2.24, 2.45) is 19.1 Å². The molecule has 33 heavy (non-hydrogen) atoms. The van der Waals surface area contributed by atoms with E-state index in [1.807, 2.05) is 18.7 Å². The van der Waals surface area contributed by atoms with Gasteiger partial charge in [0.15, 0.2) is 0 Å². The van der Waals surface area contributed by atoms with Crippen LogP contribution < -0.4 is 16.0 Å². The van der Waals surface area contributed by atoms with Crippen molar-refractivity contribution in [1.29, 1.82) is 0 Å². The Balaban J connectivity index is 1.99. The first-order valence-electron chi connectivity index (χ1n) is 11.0. The number of aliphatic imine (C=N–C) groups is 1. The molecule has 9 nitrogen and oxygen atoms in total. The number of amides is 1. The van der Waals surface area contributed by atoms with E-state index in [1.165, 1.54) is 14.1 Å². The monoisotopic (exact) mass is 474 g/mol. The van der Waals surface area contributed by atoms with E-state index in [2.05, 4.69) is 4.99 Å². The number of carbonyl (C=O) groups excluding carboxylic acids is 1. The van der Waals surface area contributed by atoms with E-state index in [1.54, 1.807) is 24.3 Å². The van der Waals surface area contributed by atoms with E-state index >= 15 is 0 Å². The summed E-state index contributed by atoms with van der Waals surface area (Å²) >= 11 is 1.08. The van der Waals surface area contributed by atoms with Crippen molar-refractivity contribution < 1.29 is 14.6 Å². The van der Waals surface area contributed by atoms with Crippen molar-refractivity contribution in [1.82, 2.24) is 14.0 Å². The van der Waals surface area contributed by atoms with Crippen LogP contribution in [0.4, 0.5) is 5.69 Å². The van der Waals surface area contributed by atoms with Gasteiger partial charge < -0.3 is 14.7 Å². The lowest BCUT2D eigenvalue weighted by atomic mass is 10.0. The number of hydrogen-bond donors (Lipinski definition) is 1. The van der Waals surface area contributed by atoms with Crippen LogP contribution in [0, 0.1) is 0 Å². The van der Waals surface area contributed by atoms with Crippen LogP contribution in [0.25, 0.3) is 0 Å². The molecule has 1 fully saturated rings. The second-order valence-corrected chi connectivity index (χ2v) is 8.93. The quantitative estimate of drug-likeness (QED) is 0.509. The minimum atomic E-state index is -0.674. The van der Waals surface area contributed by atoms with Crippen LogP contribution in [0.2, 0.25) is 0 Å². The van der Waals surface area contributed by atoms with E-state index in [0.29, 0.717) is 24.6 Å². The van der Waals surface area contributed by atoms with Gasteiger partial charge in [-0.15, -0.1) is 0 Å². The molecule has 0 aliphatic carbocycles. The topological polar surface area (TPSA) is 106 Å². The minimum Gasteiger partial charge on any atom is -0.494 e. The van der Waals surface area contributed by atoms with Gasteiger partial charge in [-0.05, 0) is 57.4 Å². The van der Waals surface area contributed by atoms with Crippen molar-refractivity contribution >= 4 is 28.4 Å². The van der Waals surface area contributed by atoms with Crippen molar-refractivity contribution in [2.75, 3.05) is 18.9 Å². The molecule has 1 aromatic heterocycles. The van der Waals surface area contributed by atoms with Gasteiger partial charge in [-0.25, -0.2) is 9.79 Å². The SMILES string of the molecule is CCOc1ccc(N=C(SCC(=O)N2CCCC[C@H]2C)c2c(O)n(C)c(=O)n(C)c2=O)cc1. The maximum atomic E-state index is 12.9. The van der Waals surface area contributed by atoms with Crippen molar-refractivity contribution in [3.05, 3.63) is 50.7 Å². The fourth-order valence-electron chi connectivity index (χ4n) is 3.76. The number of hydrogen-bond acceptors (Lipinski definition) is 7. The zero-order valence-corrected chi connectivity index (χ0v) is 20.2. The summed E-state index contributed by atoms with van der Waals surface area (Å²) < 4.78 is 7.35. The van der Waals surface area contributed by atoms with Crippen LogP contribution in [0.3, 0.4) is 0 Å². The van der Waals surface area contributed by atoms with E-state index in [-0.39, 0.29) is 28.3 Å². The summed E-state index contributed by atoms with van der Waals surface area (Å²) in [7, 11) is 2.72. The average molecular weight is 475 g/mol. The summed E-state index contributed by atoms with van der Waals surface area (Å²) in [6.07, 6.45) is 3.03. The minimum absolute atomic E-state index is 0.0484. The van der Waals surface area contributed by atoms with Crippen LogP contribution in [0.5, 0.6) is 11.6 Å². The summed E-state index contributed by atoms with van der Waals surface area (Å²) in [6, 6.07) is 7.12. The Labute approximate surface area is 196 Å². The molecule has 0 bridgehead atoms. The Bertz CT molecular complexity index is 1150. The van der Waals surface area contributed by atoms with Gasteiger partial charge in [-0.3, -0.25) is 18.7 Å². The fraction of sp³-hybridized carbons (Fsp3) is 0.478. The molecule has 1 amide bonds. The van der Waals surface area contributed by atoms with Gasteiger partial charge in [-0.2, -0.15) is 0 Å². The predicted molar refractivity (Wildman–Crippen MR) is 130 cm³/mol. The number of thioether (sulfide) groups is 1. The second kappa shape index (κ2) is 10.7. The molecule has 0 spiro atoms. The molecule has 1 aromatic carbocycles. The molecule has 10 heteroatoms. The van der Waals surface area contributed by atoms with Gasteiger partial charge >= 0.3 is 5.69 Å². The highest BCUT2D eigenvalue weighted by Gasteiger charge is 2.26. The first kappa shape index (κ1) is 24.6. The Morgan fingerprint density at radius 2 is 1.88 bits per heavy atom. The zero-order valence-electron chi connectivity index (χ0n) is 19.4. The summed E-state index contributed by atoms with van der Waals surface area (Å²) in [4.78, 5) is 44.4. The summed E-state index contributed by atoms with van der Waals surface area (Å²) in [5.41, 5.74) is -0.913. The maximum absolute atomic E-state index is 12.9. The van der Waals surface area contributed by atoms with Crippen molar-refractivity contribution in [3.63, 3.8) is 0 Å². The third kappa shape index (κ3) is 5.50. The molecule has 3 rings (SSSR count). The molecule has 178 valence electrons. The third-order valence-electron chi connectivity index (χ3n) is 5.68. The second-order valence-electron chi connectivity index (χ2n) is 7.97. The predicted octanol–water partition coefficient (Wildman–Crippen LogP) is 2.40. The molecule has 1 aliphatic heterocycles. The van der Waals surface area contributed by atoms with Gasteiger partial charge in [0.25, 0.3) is 5.56 Å². The number of benzene rings is 1. The molecule has 0 unspecified atom stereocenters. The fourth-order valence-corrected chi connectivity index (χ4v) is 4.68. The average Bonchev–Trinajstić information content (AvgIpc) is 2.81. The Morgan fingerprint density at radius 1 is 1.18 bits per heavy atom. The Kier molecular flexibility index (Phi) is 8.01. The van der Waals surface area contributed by atoms with Gasteiger partial charge in [-0.1, -0.05) is 11.8 Å². The van der Waals surface area contributed by atoms with Crippen LogP contribution >= 0.6 is 11.8 Å². The van der Waals surface area contributed by atoms with E-state index in [4.69, 9.17) is 4.74 Å². The van der Waals surface area contributed by atoms with Gasteiger partial charge in [0.2, 0.25) is 11.8 Å². The van der Waals surface area contributed by atoms with Crippen LogP contribution in [0.1, 0.15) is 38.7 Å². The molecular formula is C23H30N4O5S. The molecule has 1 N–H and O–H groups in total. The molecule has 2 aromatic rings. The molecule has 0 radical (unpaired) electrons. The highest BCUT2D eigenvalue weighted by Crippen LogP contribution is 2.26. The highest BCUT2D eigenvalue weighted by molar-refractivity contribution is 8.15. The lowest BCUT2D eigenvalue weighted by Gasteiger charge is -2.33. The summed E-state index contributed by atoms with van der Waals surface area (Å²) in [5.74, 6) is 0.207. The van der Waals surface area contributed by atoms with E-state index < -0.39 is 17.1 Å². The molecule has 1 atom stereocenters. The molecule has 0 saturated carbocycles. The number of likely N-dealkylation sites (tertiary alicyclic amines) is 1. The summed E-state index contributed by atoms with van der Waals surface area (Å²) in [6.45, 7) is 5.16. The lowest BCUT2D eigenvalue weighted by Crippen LogP contribution is -2.43. The standard InChI is InChI=1S/C23H30N4O5S/c1-5-32-17-11-9-16(10-12-17)24-20(19-21(29)25(3)23(31)26(4)22(19)30)33-14-18(28)27-13-7-6-8-15(27)2/h9-12,15,29H,5-8,13-14H2,1-4H3/t15-/m1/s1. The maximum Gasteiger partial charge on any atom is 0.333 e. The highest BCUT2D eigenvalue weighted by atomic mass is 32.2. The number of aromatic nitrogens is 2. The third-order valence-corrected chi connectivity index (χ3v) is 6.64. The molecule has 2 heterocycles. The van der Waals surface area contributed by atoms with Crippen LogP contribution in [0.15, 0.2) is 38.8 Å². The normalized spacial score (nSPS) is 16.7. The number of aromatic hydroxyl groups is 1. The first-order valence-corrected chi connectivity index (χ1v) is 12.0. The van der Waals surface area contributed by atoms with Gasteiger partial charge in [0, 0.05) is 26.7 Å². The lowest BCUT2D eigenvalue weighted by molar-refractivity contribution is -0.131. The molecular weight excluding hydrogens is 444 g/mol. The van der Waals surface area contributed by atoms with E-state index in [9.17, 15) is 19.5 Å². The number of rotatable bonds is 6. The van der Waals surface area contributed by atoms with Crippen LogP contribution in [-0.2, 0) is 18.9 Å². The van der Waals surface area contributed by atoms with Gasteiger partial charge in [0.1, 0.15) is 16.4 Å². The number of nitrogens with zero attached hydrogens (tertiary/aromatic N) is 4. The summed E-state index contributed by atoms with van der Waals surface area (Å²) in [5, 5.41) is 10.8. The Morgan fingerprint density at radius 3 is 2.52 bits per heavy atom. The number of piperidine rings is 1. The molecule has 1 saturated heterocycles. The number of ether oxygens (including phenoxy) is 1. The van der Waals surface area contributed by atoms with E-state index in [0.717, 1.165) is 40.2 Å². The Hall–Kier alpha value is -3.01. The molecule has 1 aliphatic rings. The number of carbonyl (C=O) groups is 1. The van der Waals surface area contributed by atoms with Gasteiger partial charge in [0.05, 0.1) is 18.0 Å². The largest absolute Gasteiger partial charge is 0.494 e. The van der Waals surface area contributed by atoms with Crippen molar-refractivity contribution in [3.8, 4) is 11.6 Å². The van der Waals surface area contributed by atoms with Crippen molar-refractivity contribution in [2.45, 2.75) is 39.2 Å². The first-order chi connectivity index (χ1) is 15.7. The van der Waals surface area contributed by atoms with Crippen LogP contribution in [-0.4, -0.2) is 55.0 Å². The smallest absolute Gasteiger partial charge is 0.333 e.